The fourth-order valence-corrected chi connectivity index (χ4v) is 2.94. The second kappa shape index (κ2) is 9.64. The van der Waals surface area contributed by atoms with Crippen LogP contribution in [0.5, 0.6) is 0 Å². The number of aliphatic carboxylic acids is 1. The molecule has 0 spiro atoms. The summed E-state index contributed by atoms with van der Waals surface area (Å²) in [5, 5.41) is 15.1. The third-order valence-corrected chi connectivity index (χ3v) is 4.42. The minimum absolute atomic E-state index is 0.239. The van der Waals surface area contributed by atoms with E-state index >= 15 is 0 Å². The molecule has 1 fully saturated rings. The van der Waals surface area contributed by atoms with Gasteiger partial charge in [0.1, 0.15) is 0 Å². The van der Waals surface area contributed by atoms with Crippen LogP contribution in [-0.4, -0.2) is 30.2 Å². The number of hydrogen-bond acceptors (Lipinski definition) is 2. The van der Waals surface area contributed by atoms with Gasteiger partial charge in [-0.05, 0) is 19.3 Å². The van der Waals surface area contributed by atoms with E-state index in [2.05, 4.69) is 17.6 Å². The van der Waals surface area contributed by atoms with Crippen LogP contribution in [0.1, 0.15) is 71.1 Å². The number of carboxylic acid groups (broad SMARTS) is 1. The maximum Gasteiger partial charge on any atom is 0.314 e. The molecule has 5 nitrogen and oxygen atoms in total. The summed E-state index contributed by atoms with van der Waals surface area (Å²) in [7, 11) is 0. The zero-order valence-corrected chi connectivity index (χ0v) is 13.2. The van der Waals surface area contributed by atoms with Crippen molar-refractivity contribution >= 4 is 12.0 Å². The first-order valence-corrected chi connectivity index (χ1v) is 8.36. The van der Waals surface area contributed by atoms with Crippen molar-refractivity contribution in [2.75, 3.05) is 13.1 Å². The van der Waals surface area contributed by atoms with Crippen LogP contribution >= 0.6 is 0 Å². The van der Waals surface area contributed by atoms with Crippen LogP contribution in [0.3, 0.4) is 0 Å². The van der Waals surface area contributed by atoms with Gasteiger partial charge >= 0.3 is 12.0 Å². The van der Waals surface area contributed by atoms with Crippen LogP contribution in [0.2, 0.25) is 0 Å². The van der Waals surface area contributed by atoms with Crippen molar-refractivity contribution in [3.8, 4) is 0 Å². The highest BCUT2D eigenvalue weighted by Gasteiger charge is 2.38. The maximum absolute atomic E-state index is 11.8. The molecule has 0 aromatic rings. The molecule has 21 heavy (non-hydrogen) atoms. The molecule has 1 saturated carbocycles. The van der Waals surface area contributed by atoms with E-state index in [1.54, 1.807) is 0 Å². The van der Waals surface area contributed by atoms with Gasteiger partial charge < -0.3 is 15.7 Å². The quantitative estimate of drug-likeness (QED) is 0.475. The van der Waals surface area contributed by atoms with Crippen molar-refractivity contribution in [2.45, 2.75) is 71.1 Å². The van der Waals surface area contributed by atoms with Gasteiger partial charge in [0.15, 0.2) is 0 Å². The Morgan fingerprint density at radius 3 is 2.24 bits per heavy atom. The summed E-state index contributed by atoms with van der Waals surface area (Å²) in [6, 6.07) is -0.239. The molecular weight excluding hydrogens is 268 g/mol. The van der Waals surface area contributed by atoms with E-state index in [4.69, 9.17) is 0 Å². The van der Waals surface area contributed by atoms with Crippen LogP contribution in [0.15, 0.2) is 0 Å². The molecule has 0 aliphatic heterocycles. The predicted octanol–water partition coefficient (Wildman–Crippen LogP) is 3.29. The average Bonchev–Trinajstić information content (AvgIpc) is 2.71. The highest BCUT2D eigenvalue weighted by Crippen LogP contribution is 2.34. The van der Waals surface area contributed by atoms with Crippen LogP contribution in [0.25, 0.3) is 0 Å². The van der Waals surface area contributed by atoms with Crippen LogP contribution in [-0.2, 0) is 4.79 Å². The Morgan fingerprint density at radius 1 is 1.00 bits per heavy atom. The molecule has 0 radical (unpaired) electrons. The fraction of sp³-hybridized carbons (Fsp3) is 0.875. The lowest BCUT2D eigenvalue weighted by Gasteiger charge is -2.28. The van der Waals surface area contributed by atoms with Gasteiger partial charge in [0, 0.05) is 13.1 Å². The van der Waals surface area contributed by atoms with E-state index in [0.29, 0.717) is 19.4 Å². The summed E-state index contributed by atoms with van der Waals surface area (Å²) in [6.07, 6.45) is 9.86. The normalized spacial score (nSPS) is 17.8. The Balaban J connectivity index is 2.32. The number of rotatable bonds is 8. The Bertz CT molecular complexity index is 323. The maximum atomic E-state index is 11.8. The Hall–Kier alpha value is -1.26. The van der Waals surface area contributed by atoms with Crippen molar-refractivity contribution < 1.29 is 14.7 Å². The molecule has 5 heteroatoms. The zero-order valence-electron chi connectivity index (χ0n) is 13.2. The van der Waals surface area contributed by atoms with Crippen molar-refractivity contribution in [3.63, 3.8) is 0 Å². The topological polar surface area (TPSA) is 78.4 Å². The van der Waals surface area contributed by atoms with Gasteiger partial charge in [-0.1, -0.05) is 51.9 Å². The molecule has 2 amide bonds. The van der Waals surface area contributed by atoms with Crippen LogP contribution in [0, 0.1) is 5.41 Å². The fourth-order valence-electron chi connectivity index (χ4n) is 2.94. The van der Waals surface area contributed by atoms with Crippen molar-refractivity contribution in [2.24, 2.45) is 5.41 Å². The van der Waals surface area contributed by atoms with E-state index < -0.39 is 11.4 Å². The lowest BCUT2D eigenvalue weighted by molar-refractivity contribution is -0.149. The summed E-state index contributed by atoms with van der Waals surface area (Å²) in [5.41, 5.74) is -0.768. The average molecular weight is 298 g/mol. The monoisotopic (exact) mass is 298 g/mol. The number of carboxylic acids is 1. The Kier molecular flexibility index (Phi) is 8.16. The summed E-state index contributed by atoms with van der Waals surface area (Å²) < 4.78 is 0. The number of unbranched alkanes of at least 4 members (excludes halogenated alkanes) is 3. The van der Waals surface area contributed by atoms with Crippen molar-refractivity contribution in [3.05, 3.63) is 0 Å². The van der Waals surface area contributed by atoms with Crippen LogP contribution < -0.4 is 10.6 Å². The van der Waals surface area contributed by atoms with Gasteiger partial charge in [0.05, 0.1) is 5.41 Å². The number of carbonyl (C=O) groups is 2. The van der Waals surface area contributed by atoms with Gasteiger partial charge in [-0.25, -0.2) is 4.79 Å². The smallest absolute Gasteiger partial charge is 0.314 e. The molecule has 0 unspecified atom stereocenters. The number of urea groups is 1. The van der Waals surface area contributed by atoms with Gasteiger partial charge in [-0.3, -0.25) is 4.79 Å². The first kappa shape index (κ1) is 17.8. The number of hydrogen-bond donors (Lipinski definition) is 3. The molecule has 122 valence electrons. The molecule has 0 saturated heterocycles. The second-order valence-corrected chi connectivity index (χ2v) is 6.17. The van der Waals surface area contributed by atoms with Crippen LogP contribution in [0.4, 0.5) is 4.79 Å². The standard InChI is InChI=1S/C16H30N2O3/c1-2-3-4-9-12-17-15(21)18-13-16(14(19)20)10-7-5-6-8-11-16/h2-13H2,1H3,(H,19,20)(H2,17,18,21). The minimum atomic E-state index is -0.771. The third-order valence-electron chi connectivity index (χ3n) is 4.42. The minimum Gasteiger partial charge on any atom is -0.481 e. The lowest BCUT2D eigenvalue weighted by atomic mass is 9.80. The second-order valence-electron chi connectivity index (χ2n) is 6.17. The summed E-state index contributed by atoms with van der Waals surface area (Å²) in [4.78, 5) is 23.4. The molecule has 0 aromatic carbocycles. The third kappa shape index (κ3) is 6.36. The molecule has 0 atom stereocenters. The van der Waals surface area contributed by atoms with Gasteiger partial charge in [-0.2, -0.15) is 0 Å². The first-order chi connectivity index (χ1) is 10.1. The van der Waals surface area contributed by atoms with Gasteiger partial charge in [0.2, 0.25) is 0 Å². The number of nitrogens with one attached hydrogen (secondary N) is 2. The number of amides is 2. The van der Waals surface area contributed by atoms with E-state index in [1.165, 1.54) is 12.8 Å². The van der Waals surface area contributed by atoms with Gasteiger partial charge in [0.25, 0.3) is 0 Å². The highest BCUT2D eigenvalue weighted by atomic mass is 16.4. The van der Waals surface area contributed by atoms with E-state index in [9.17, 15) is 14.7 Å². The Morgan fingerprint density at radius 2 is 1.67 bits per heavy atom. The van der Waals surface area contributed by atoms with E-state index in [1.807, 2.05) is 0 Å². The molecule has 0 aromatic heterocycles. The summed E-state index contributed by atoms with van der Waals surface area (Å²) in [5.74, 6) is -0.771. The van der Waals surface area contributed by atoms with E-state index in [-0.39, 0.29) is 12.6 Å². The van der Waals surface area contributed by atoms with Crippen molar-refractivity contribution in [1.82, 2.24) is 10.6 Å². The molecule has 1 aliphatic carbocycles. The number of carbonyl (C=O) groups excluding carboxylic acids is 1. The SMILES string of the molecule is CCCCCCNC(=O)NCC1(C(=O)O)CCCCCC1. The Labute approximate surface area is 127 Å². The first-order valence-electron chi connectivity index (χ1n) is 8.36. The largest absolute Gasteiger partial charge is 0.481 e. The lowest BCUT2D eigenvalue weighted by Crippen LogP contribution is -2.46. The molecule has 0 bridgehead atoms. The molecule has 0 heterocycles. The molecule has 3 N–H and O–H groups in total. The van der Waals surface area contributed by atoms with Gasteiger partial charge in [-0.15, -0.1) is 0 Å². The molecule has 1 rings (SSSR count). The molecular formula is C16H30N2O3. The summed E-state index contributed by atoms with van der Waals surface area (Å²) >= 11 is 0. The van der Waals surface area contributed by atoms with E-state index in [0.717, 1.165) is 38.5 Å². The molecule has 1 aliphatic rings. The summed E-state index contributed by atoms with van der Waals surface area (Å²) in [6.45, 7) is 3.05. The van der Waals surface area contributed by atoms with Crippen molar-refractivity contribution in [1.29, 1.82) is 0 Å². The highest BCUT2D eigenvalue weighted by molar-refractivity contribution is 5.78. The predicted molar refractivity (Wildman–Crippen MR) is 83.3 cm³/mol. The zero-order chi connectivity index (χ0) is 15.6.